The van der Waals surface area contributed by atoms with Crippen LogP contribution in [0.2, 0.25) is 0 Å². The largest absolute Gasteiger partial charge is 0.508 e. The number of ether oxygens (including phenoxy) is 2. The first kappa shape index (κ1) is 21.7. The molecule has 168 valence electrons. The summed E-state index contributed by atoms with van der Waals surface area (Å²) in [6.45, 7) is 5.92. The Hall–Kier alpha value is -3.48. The highest BCUT2D eigenvalue weighted by Crippen LogP contribution is 2.47. The summed E-state index contributed by atoms with van der Waals surface area (Å²) in [5.41, 5.74) is 0.875. The molecule has 2 aromatic carbocycles. The molecule has 0 spiro atoms. The molecule has 32 heavy (non-hydrogen) atoms. The number of fused-ring (bicyclic) bond motifs is 2. The van der Waals surface area contributed by atoms with Gasteiger partial charge in [-0.15, -0.1) is 0 Å². The Kier molecular flexibility index (Phi) is 5.36. The van der Waals surface area contributed by atoms with Gasteiger partial charge < -0.3 is 24.8 Å². The minimum absolute atomic E-state index is 0.0111. The maximum absolute atomic E-state index is 13.0. The summed E-state index contributed by atoms with van der Waals surface area (Å²) >= 11 is 0. The fourth-order valence-electron chi connectivity index (χ4n) is 4.34. The van der Waals surface area contributed by atoms with E-state index in [2.05, 4.69) is 6.08 Å². The Morgan fingerprint density at radius 2 is 1.84 bits per heavy atom. The minimum Gasteiger partial charge on any atom is -0.508 e. The van der Waals surface area contributed by atoms with Crippen LogP contribution in [0.3, 0.4) is 0 Å². The van der Waals surface area contributed by atoms with E-state index in [1.165, 1.54) is 11.6 Å². The quantitative estimate of drug-likeness (QED) is 0.577. The third-order valence-electron chi connectivity index (χ3n) is 5.90. The first-order valence-electron chi connectivity index (χ1n) is 10.6. The Labute approximate surface area is 185 Å². The van der Waals surface area contributed by atoms with Gasteiger partial charge in [0.1, 0.15) is 51.6 Å². The van der Waals surface area contributed by atoms with E-state index >= 15 is 0 Å². The van der Waals surface area contributed by atoms with Crippen molar-refractivity contribution >= 4 is 11.6 Å². The van der Waals surface area contributed by atoms with E-state index < -0.39 is 11.7 Å². The number of benzene rings is 2. The van der Waals surface area contributed by atoms with E-state index in [1.54, 1.807) is 12.1 Å². The summed E-state index contributed by atoms with van der Waals surface area (Å²) in [7, 11) is 0. The molecule has 0 aliphatic carbocycles. The monoisotopic (exact) mass is 438 g/mol. The minimum atomic E-state index is -0.875. The van der Waals surface area contributed by atoms with Gasteiger partial charge in [0.25, 0.3) is 0 Å². The highest BCUT2D eigenvalue weighted by Gasteiger charge is 2.40. The highest BCUT2D eigenvalue weighted by atomic mass is 16.5. The van der Waals surface area contributed by atoms with E-state index in [0.717, 1.165) is 12.5 Å². The number of hydrogen-bond acceptors (Lipinski definition) is 7. The van der Waals surface area contributed by atoms with Crippen LogP contribution in [0, 0.1) is 0 Å². The summed E-state index contributed by atoms with van der Waals surface area (Å²) in [4.78, 5) is 25.6. The van der Waals surface area contributed by atoms with Gasteiger partial charge >= 0.3 is 0 Å². The molecule has 0 radical (unpaired) electrons. The average molecular weight is 438 g/mol. The standard InChI is InChI=1S/C25H26O7/c1-13(2)5-4-8-25(3)12-18(29)23-19(32-25)7-6-15(24(23)30)20-11-17(28)22-16(27)9-14(26)10-21(22)31-20/h5-7,9-10,20,26-27,30H,4,8,11-12H2,1-3H3/t20-,25-/m0/s1. The van der Waals surface area contributed by atoms with Gasteiger partial charge in [0, 0.05) is 17.7 Å². The molecule has 2 aliphatic rings. The van der Waals surface area contributed by atoms with E-state index in [9.17, 15) is 24.9 Å². The van der Waals surface area contributed by atoms with Gasteiger partial charge in [-0.3, -0.25) is 9.59 Å². The van der Waals surface area contributed by atoms with Crippen LogP contribution < -0.4 is 9.47 Å². The van der Waals surface area contributed by atoms with Crippen LogP contribution in [0.5, 0.6) is 28.7 Å². The van der Waals surface area contributed by atoms with Crippen LogP contribution in [0.25, 0.3) is 0 Å². The third kappa shape index (κ3) is 3.90. The molecule has 0 aromatic heterocycles. The molecular formula is C25H26O7. The lowest BCUT2D eigenvalue weighted by molar-refractivity contribution is 0.0468. The second kappa shape index (κ2) is 7.89. The van der Waals surface area contributed by atoms with Crippen LogP contribution in [-0.2, 0) is 0 Å². The van der Waals surface area contributed by atoms with Crippen molar-refractivity contribution in [3.8, 4) is 28.7 Å². The van der Waals surface area contributed by atoms with Gasteiger partial charge in [-0.25, -0.2) is 0 Å². The maximum atomic E-state index is 13.0. The first-order valence-corrected chi connectivity index (χ1v) is 10.6. The summed E-state index contributed by atoms with van der Waals surface area (Å²) < 4.78 is 11.9. The summed E-state index contributed by atoms with van der Waals surface area (Å²) in [5, 5.41) is 30.6. The average Bonchev–Trinajstić information content (AvgIpc) is 2.66. The number of hydrogen-bond donors (Lipinski definition) is 3. The summed E-state index contributed by atoms with van der Waals surface area (Å²) in [5.74, 6) is -1.18. The van der Waals surface area contributed by atoms with Crippen molar-refractivity contribution in [1.82, 2.24) is 0 Å². The number of carbonyl (C=O) groups is 2. The molecule has 3 N–H and O–H groups in total. The number of rotatable bonds is 4. The smallest absolute Gasteiger partial charge is 0.174 e. The second-order valence-electron chi connectivity index (χ2n) is 8.92. The first-order chi connectivity index (χ1) is 15.1. The van der Waals surface area contributed by atoms with E-state index in [-0.39, 0.29) is 64.1 Å². The molecule has 2 atom stereocenters. The van der Waals surface area contributed by atoms with Gasteiger partial charge in [-0.1, -0.05) is 11.6 Å². The normalized spacial score (nSPS) is 21.8. The Bertz CT molecular complexity index is 1140. The summed E-state index contributed by atoms with van der Waals surface area (Å²) in [6.07, 6.45) is 2.66. The highest BCUT2D eigenvalue weighted by molar-refractivity contribution is 6.04. The van der Waals surface area contributed by atoms with Crippen molar-refractivity contribution in [3.05, 3.63) is 52.6 Å². The predicted octanol–water partition coefficient (Wildman–Crippen LogP) is 4.98. The zero-order valence-electron chi connectivity index (χ0n) is 18.3. The molecule has 7 heteroatoms. The Morgan fingerprint density at radius 3 is 2.56 bits per heavy atom. The fraction of sp³-hybridized carbons (Fsp3) is 0.360. The molecule has 0 bridgehead atoms. The third-order valence-corrected chi connectivity index (χ3v) is 5.90. The molecule has 2 heterocycles. The Morgan fingerprint density at radius 1 is 1.09 bits per heavy atom. The molecule has 2 aromatic rings. The van der Waals surface area contributed by atoms with Gasteiger partial charge in [0.2, 0.25) is 0 Å². The molecule has 2 aliphatic heterocycles. The molecule has 0 saturated heterocycles. The zero-order valence-corrected chi connectivity index (χ0v) is 18.3. The number of ketones is 2. The number of phenols is 3. The lowest BCUT2D eigenvalue weighted by Crippen LogP contribution is -2.39. The fourth-order valence-corrected chi connectivity index (χ4v) is 4.34. The number of allylic oxidation sites excluding steroid dienone is 2. The van der Waals surface area contributed by atoms with Crippen molar-refractivity contribution in [2.24, 2.45) is 0 Å². The molecule has 0 unspecified atom stereocenters. The number of phenolic OH excluding ortho intramolecular Hbond substituents is 3. The number of Topliss-reactive ketones (excluding diaryl/α,β-unsaturated/α-hetero) is 2. The topological polar surface area (TPSA) is 113 Å². The van der Waals surface area contributed by atoms with Gasteiger partial charge in [0.15, 0.2) is 11.6 Å². The van der Waals surface area contributed by atoms with Crippen molar-refractivity contribution < 1.29 is 34.4 Å². The SMILES string of the molecule is CC(C)=CCC[C@@]1(C)CC(=O)c2c(ccc([C@@H]3CC(=O)c4c(O)cc(O)cc4O3)c2O)O1. The van der Waals surface area contributed by atoms with Crippen molar-refractivity contribution in [2.75, 3.05) is 0 Å². The van der Waals surface area contributed by atoms with E-state index in [1.807, 2.05) is 20.8 Å². The maximum Gasteiger partial charge on any atom is 0.174 e. The van der Waals surface area contributed by atoms with Crippen LogP contribution in [-0.4, -0.2) is 32.5 Å². The lowest BCUT2D eigenvalue weighted by atomic mass is 9.85. The van der Waals surface area contributed by atoms with Crippen molar-refractivity contribution in [1.29, 1.82) is 0 Å². The van der Waals surface area contributed by atoms with Crippen LogP contribution >= 0.6 is 0 Å². The Balaban J connectivity index is 1.64. The zero-order chi connectivity index (χ0) is 23.2. The number of aromatic hydroxyl groups is 3. The lowest BCUT2D eigenvalue weighted by Gasteiger charge is -2.36. The van der Waals surface area contributed by atoms with Gasteiger partial charge in [0.05, 0.1) is 12.8 Å². The molecule has 7 nitrogen and oxygen atoms in total. The molecular weight excluding hydrogens is 412 g/mol. The molecule has 0 fully saturated rings. The number of carbonyl (C=O) groups excluding carboxylic acids is 2. The molecule has 0 amide bonds. The van der Waals surface area contributed by atoms with Gasteiger partial charge in [-0.2, -0.15) is 0 Å². The molecule has 0 saturated carbocycles. The van der Waals surface area contributed by atoms with Crippen LogP contribution in [0.4, 0.5) is 0 Å². The van der Waals surface area contributed by atoms with Crippen LogP contribution in [0.15, 0.2) is 35.9 Å². The predicted molar refractivity (Wildman–Crippen MR) is 117 cm³/mol. The molecule has 4 rings (SSSR count). The van der Waals surface area contributed by atoms with Gasteiger partial charge in [-0.05, 0) is 45.7 Å². The van der Waals surface area contributed by atoms with E-state index in [4.69, 9.17) is 9.47 Å². The summed E-state index contributed by atoms with van der Waals surface area (Å²) in [6, 6.07) is 5.50. The van der Waals surface area contributed by atoms with Crippen LogP contribution in [0.1, 0.15) is 78.8 Å². The van der Waals surface area contributed by atoms with E-state index in [0.29, 0.717) is 12.2 Å². The van der Waals surface area contributed by atoms with Crippen molar-refractivity contribution in [2.45, 2.75) is 58.2 Å². The van der Waals surface area contributed by atoms with Crippen molar-refractivity contribution in [3.63, 3.8) is 0 Å². The second-order valence-corrected chi connectivity index (χ2v) is 8.92.